The molecule has 0 spiro atoms. The van der Waals surface area contributed by atoms with Crippen LogP contribution in [0.15, 0.2) is 24.6 Å². The highest BCUT2D eigenvalue weighted by atomic mass is 15.0. The Hall–Kier alpha value is -0.720. The third kappa shape index (κ3) is 21.3. The Labute approximate surface area is 166 Å². The molecule has 1 nitrogen and oxygen atoms in total. The second-order valence-electron chi connectivity index (χ2n) is 7.96. The molecule has 0 aromatic heterocycles. The Morgan fingerprint density at radius 1 is 0.462 bits per heavy atom. The van der Waals surface area contributed by atoms with Crippen molar-refractivity contribution in [3.63, 3.8) is 0 Å². The fourth-order valence-electron chi connectivity index (χ4n) is 3.32. The van der Waals surface area contributed by atoms with Crippen molar-refractivity contribution in [2.24, 2.45) is 0 Å². The maximum Gasteiger partial charge on any atom is 0.0106 e. The van der Waals surface area contributed by atoms with Crippen molar-refractivity contribution in [3.8, 4) is 0 Å². The van der Waals surface area contributed by atoms with Crippen molar-refractivity contribution < 1.29 is 0 Å². The summed E-state index contributed by atoms with van der Waals surface area (Å²) in [4.78, 5) is 2.20. The van der Waals surface area contributed by atoms with E-state index in [2.05, 4.69) is 50.3 Å². The van der Waals surface area contributed by atoms with E-state index in [1.54, 1.807) is 0 Å². The molecule has 26 heavy (non-hydrogen) atoms. The highest BCUT2D eigenvalue weighted by Gasteiger charge is 1.92. The fourth-order valence-corrected chi connectivity index (χ4v) is 3.32. The van der Waals surface area contributed by atoms with Gasteiger partial charge in [-0.25, -0.2) is 0 Å². The molecule has 0 aliphatic rings. The van der Waals surface area contributed by atoms with Crippen molar-refractivity contribution in [1.29, 1.82) is 0 Å². The summed E-state index contributed by atoms with van der Waals surface area (Å²) in [6, 6.07) is 0. The van der Waals surface area contributed by atoms with E-state index >= 15 is 0 Å². The Morgan fingerprint density at radius 2 is 0.769 bits per heavy atom. The van der Waals surface area contributed by atoms with Gasteiger partial charge in [0, 0.05) is 7.05 Å². The molecule has 0 saturated carbocycles. The first-order valence-corrected chi connectivity index (χ1v) is 11.9. The molecule has 0 bridgehead atoms. The molecule has 0 heterocycles. The monoisotopic (exact) mass is 363 g/mol. The molecule has 0 atom stereocenters. The van der Waals surface area contributed by atoms with E-state index in [-0.39, 0.29) is 0 Å². The molecule has 0 fully saturated rings. The molecule has 0 aliphatic carbocycles. The van der Waals surface area contributed by atoms with E-state index < -0.39 is 0 Å². The molecule has 0 saturated heterocycles. The third-order valence-electron chi connectivity index (χ3n) is 5.13. The minimum Gasteiger partial charge on any atom is -0.358 e. The molecule has 0 aromatic rings. The van der Waals surface area contributed by atoms with Gasteiger partial charge >= 0.3 is 0 Å². The molecule has 0 aromatic carbocycles. The Kier molecular flexibility index (Phi) is 21.7. The van der Waals surface area contributed by atoms with Crippen LogP contribution in [0.2, 0.25) is 0 Å². The smallest absolute Gasteiger partial charge is 0.0106 e. The Morgan fingerprint density at radius 3 is 1.12 bits per heavy atom. The minimum absolute atomic E-state index is 1.23. The first-order chi connectivity index (χ1) is 12.8. The van der Waals surface area contributed by atoms with Crippen LogP contribution in [0.4, 0.5) is 0 Å². The largest absolute Gasteiger partial charge is 0.358 e. The summed E-state index contributed by atoms with van der Waals surface area (Å²) in [5.74, 6) is 0. The standard InChI is InChI=1S/C25H49N/c1-4-6-8-10-12-14-16-18-20-22-24-26(3)25-23-21-19-17-15-13-11-9-7-5-2/h22-25H,4-21H2,1-3H3. The van der Waals surface area contributed by atoms with Crippen LogP contribution in [0.3, 0.4) is 0 Å². The van der Waals surface area contributed by atoms with Crippen molar-refractivity contribution in [2.45, 2.75) is 129 Å². The lowest BCUT2D eigenvalue weighted by atomic mass is 10.1. The molecule has 154 valence electrons. The van der Waals surface area contributed by atoms with E-state index in [1.165, 1.54) is 116 Å². The van der Waals surface area contributed by atoms with Crippen LogP contribution in [0.1, 0.15) is 129 Å². The number of hydrogen-bond acceptors (Lipinski definition) is 1. The zero-order valence-electron chi connectivity index (χ0n) is 18.5. The second-order valence-corrected chi connectivity index (χ2v) is 7.96. The normalized spacial score (nSPS) is 11.8. The third-order valence-corrected chi connectivity index (χ3v) is 5.13. The van der Waals surface area contributed by atoms with E-state index in [4.69, 9.17) is 0 Å². The molecule has 0 radical (unpaired) electrons. The molecular weight excluding hydrogens is 314 g/mol. The summed E-state index contributed by atoms with van der Waals surface area (Å²) >= 11 is 0. The SMILES string of the molecule is CCCCCCCCCCC=CN(C)C=CCCCCCCCCCC. The highest BCUT2D eigenvalue weighted by molar-refractivity contribution is 4.90. The summed E-state index contributed by atoms with van der Waals surface area (Å²) in [5.41, 5.74) is 0. The first kappa shape index (κ1) is 25.3. The average molecular weight is 364 g/mol. The number of unbranched alkanes of at least 4 members (excludes halogenated alkanes) is 16. The van der Waals surface area contributed by atoms with Crippen LogP contribution in [-0.2, 0) is 0 Å². The van der Waals surface area contributed by atoms with Crippen LogP contribution in [-0.4, -0.2) is 11.9 Å². The van der Waals surface area contributed by atoms with E-state index in [1.807, 2.05) is 0 Å². The van der Waals surface area contributed by atoms with Gasteiger partial charge in [0.15, 0.2) is 0 Å². The molecule has 1 heteroatoms. The van der Waals surface area contributed by atoms with Crippen molar-refractivity contribution in [3.05, 3.63) is 24.6 Å². The fraction of sp³-hybridized carbons (Fsp3) is 0.840. The van der Waals surface area contributed by atoms with Gasteiger partial charge in [0.2, 0.25) is 0 Å². The Bertz CT molecular complexity index is 275. The maximum absolute atomic E-state index is 2.33. The topological polar surface area (TPSA) is 3.24 Å². The number of allylic oxidation sites excluding steroid dienone is 2. The van der Waals surface area contributed by atoms with Crippen LogP contribution in [0, 0.1) is 0 Å². The summed E-state index contributed by atoms with van der Waals surface area (Å²) < 4.78 is 0. The van der Waals surface area contributed by atoms with Crippen LogP contribution < -0.4 is 0 Å². The summed E-state index contributed by atoms with van der Waals surface area (Å²) in [6.07, 6.45) is 34.1. The number of rotatable bonds is 20. The van der Waals surface area contributed by atoms with Gasteiger partial charge in [-0.3, -0.25) is 0 Å². The number of hydrogen-bond donors (Lipinski definition) is 0. The lowest BCUT2D eigenvalue weighted by molar-refractivity contribution is 0.572. The number of nitrogens with zero attached hydrogens (tertiary/aromatic N) is 1. The van der Waals surface area contributed by atoms with E-state index in [9.17, 15) is 0 Å². The van der Waals surface area contributed by atoms with Crippen molar-refractivity contribution in [2.75, 3.05) is 7.05 Å². The Balaban J connectivity index is 3.34. The van der Waals surface area contributed by atoms with Crippen LogP contribution >= 0.6 is 0 Å². The van der Waals surface area contributed by atoms with Gasteiger partial charge in [0.1, 0.15) is 0 Å². The van der Waals surface area contributed by atoms with Gasteiger partial charge in [-0.05, 0) is 38.1 Å². The predicted octanol–water partition coefficient (Wildman–Crippen LogP) is 9.01. The summed E-state index contributed by atoms with van der Waals surface area (Å²) in [7, 11) is 2.15. The summed E-state index contributed by atoms with van der Waals surface area (Å²) in [5, 5.41) is 0. The van der Waals surface area contributed by atoms with Gasteiger partial charge in [0.05, 0.1) is 0 Å². The zero-order chi connectivity index (χ0) is 19.1. The van der Waals surface area contributed by atoms with Gasteiger partial charge in [-0.2, -0.15) is 0 Å². The minimum atomic E-state index is 1.23. The van der Waals surface area contributed by atoms with Crippen LogP contribution in [0.5, 0.6) is 0 Å². The lowest BCUT2D eigenvalue weighted by Crippen LogP contribution is -1.99. The summed E-state index contributed by atoms with van der Waals surface area (Å²) in [6.45, 7) is 4.57. The average Bonchev–Trinajstić information content (AvgIpc) is 2.64. The quantitative estimate of drug-likeness (QED) is 0.195. The molecule has 0 amide bonds. The highest BCUT2D eigenvalue weighted by Crippen LogP contribution is 2.11. The molecule has 0 aliphatic heterocycles. The van der Waals surface area contributed by atoms with E-state index in [0.29, 0.717) is 0 Å². The van der Waals surface area contributed by atoms with Gasteiger partial charge in [-0.15, -0.1) is 0 Å². The maximum atomic E-state index is 2.33. The van der Waals surface area contributed by atoms with Gasteiger partial charge < -0.3 is 4.90 Å². The van der Waals surface area contributed by atoms with Crippen molar-refractivity contribution in [1.82, 2.24) is 4.90 Å². The molecule has 0 unspecified atom stereocenters. The van der Waals surface area contributed by atoms with Gasteiger partial charge in [-0.1, -0.05) is 116 Å². The molecular formula is C25H49N. The van der Waals surface area contributed by atoms with E-state index in [0.717, 1.165) is 0 Å². The first-order valence-electron chi connectivity index (χ1n) is 11.9. The van der Waals surface area contributed by atoms with Crippen LogP contribution in [0.25, 0.3) is 0 Å². The van der Waals surface area contributed by atoms with Gasteiger partial charge in [0.25, 0.3) is 0 Å². The molecule has 0 rings (SSSR count). The molecule has 0 N–H and O–H groups in total. The lowest BCUT2D eigenvalue weighted by Gasteiger charge is -2.07. The zero-order valence-corrected chi connectivity index (χ0v) is 18.5. The van der Waals surface area contributed by atoms with Crippen molar-refractivity contribution >= 4 is 0 Å². The predicted molar refractivity (Wildman–Crippen MR) is 120 cm³/mol. The second kappa shape index (κ2) is 22.3.